The van der Waals surface area contributed by atoms with Crippen molar-refractivity contribution >= 4 is 23.8 Å². The molecule has 0 radical (unpaired) electrons. The number of rotatable bonds is 10. The lowest BCUT2D eigenvalue weighted by atomic mass is 10.0. The van der Waals surface area contributed by atoms with Gasteiger partial charge in [-0.3, -0.25) is 14.4 Å². The van der Waals surface area contributed by atoms with Gasteiger partial charge in [-0.2, -0.15) is 0 Å². The molecule has 0 heterocycles. The van der Waals surface area contributed by atoms with Crippen LogP contribution in [-0.2, 0) is 23.9 Å². The van der Waals surface area contributed by atoms with Crippen molar-refractivity contribution in [2.24, 2.45) is 0 Å². The van der Waals surface area contributed by atoms with Crippen LogP contribution in [0.1, 0.15) is 57.4 Å². The average Bonchev–Trinajstić information content (AvgIpc) is 2.97. The Labute approximate surface area is 166 Å². The molecule has 1 atom stereocenters. The van der Waals surface area contributed by atoms with Crippen LogP contribution in [0.25, 0.3) is 6.08 Å². The summed E-state index contributed by atoms with van der Waals surface area (Å²) in [4.78, 5) is 35.0. The minimum Gasteiger partial charge on any atom is -0.469 e. The molecule has 5 nitrogen and oxygen atoms in total. The number of Topliss-reactive ketones (excluding diaryl/α,β-unsaturated/α-hetero) is 1. The summed E-state index contributed by atoms with van der Waals surface area (Å²) in [6.45, 7) is 1.36. The Hall–Kier alpha value is -2.69. The lowest BCUT2D eigenvalue weighted by Gasteiger charge is -2.12. The Balaban J connectivity index is 2.01. The lowest BCUT2D eigenvalue weighted by Crippen LogP contribution is -2.15. The van der Waals surface area contributed by atoms with Gasteiger partial charge in [0.1, 0.15) is 6.10 Å². The number of allylic oxidation sites excluding steroid dienone is 1. The van der Waals surface area contributed by atoms with Crippen LogP contribution in [-0.4, -0.2) is 30.9 Å². The van der Waals surface area contributed by atoms with E-state index in [0.717, 1.165) is 42.4 Å². The summed E-state index contributed by atoms with van der Waals surface area (Å²) < 4.78 is 10.0. The first-order chi connectivity index (χ1) is 13.5. The summed E-state index contributed by atoms with van der Waals surface area (Å²) in [6.07, 6.45) is 8.14. The normalized spacial score (nSPS) is 16.6. The summed E-state index contributed by atoms with van der Waals surface area (Å²) in [7, 11) is 1.39. The molecule has 5 heteroatoms. The summed E-state index contributed by atoms with van der Waals surface area (Å²) in [5, 5.41) is 0. The predicted molar refractivity (Wildman–Crippen MR) is 107 cm³/mol. The molecule has 28 heavy (non-hydrogen) atoms. The van der Waals surface area contributed by atoms with E-state index in [0.29, 0.717) is 12.8 Å². The van der Waals surface area contributed by atoms with Gasteiger partial charge >= 0.3 is 11.9 Å². The van der Waals surface area contributed by atoms with E-state index in [4.69, 9.17) is 4.74 Å². The first-order valence-electron chi connectivity index (χ1n) is 9.74. The third-order valence-corrected chi connectivity index (χ3v) is 4.75. The van der Waals surface area contributed by atoms with Crippen LogP contribution < -0.4 is 0 Å². The molecule has 1 aromatic carbocycles. The number of unbranched alkanes of at least 4 members (excludes halogenated alkanes) is 3. The smallest absolute Gasteiger partial charge is 0.305 e. The third-order valence-electron chi connectivity index (χ3n) is 4.75. The highest BCUT2D eigenvalue weighted by molar-refractivity contribution is 6.00. The van der Waals surface area contributed by atoms with E-state index in [1.165, 1.54) is 14.0 Å². The first kappa shape index (κ1) is 21.6. The van der Waals surface area contributed by atoms with Crippen LogP contribution in [0.3, 0.4) is 0 Å². The van der Waals surface area contributed by atoms with E-state index >= 15 is 0 Å². The van der Waals surface area contributed by atoms with Crippen LogP contribution in [0, 0.1) is 0 Å². The largest absolute Gasteiger partial charge is 0.469 e. The molecule has 1 aromatic rings. The van der Waals surface area contributed by atoms with Crippen molar-refractivity contribution in [3.05, 3.63) is 53.1 Å². The second kappa shape index (κ2) is 11.2. The van der Waals surface area contributed by atoms with Crippen molar-refractivity contribution in [3.8, 4) is 0 Å². The summed E-state index contributed by atoms with van der Waals surface area (Å²) in [6, 6.07) is 9.81. The molecule has 0 aromatic heterocycles. The topological polar surface area (TPSA) is 69.7 Å². The monoisotopic (exact) mass is 384 g/mol. The summed E-state index contributed by atoms with van der Waals surface area (Å²) in [5.74, 6) is -0.521. The van der Waals surface area contributed by atoms with Gasteiger partial charge in [0.05, 0.1) is 13.5 Å². The number of esters is 2. The number of carbonyl (C=O) groups is 3. The molecule has 0 N–H and O–H groups in total. The molecule has 0 fully saturated rings. The number of hydrogen-bond donors (Lipinski definition) is 0. The highest BCUT2D eigenvalue weighted by Crippen LogP contribution is 2.31. The third kappa shape index (κ3) is 6.80. The van der Waals surface area contributed by atoms with Gasteiger partial charge in [0.25, 0.3) is 0 Å². The van der Waals surface area contributed by atoms with Crippen molar-refractivity contribution in [2.75, 3.05) is 7.11 Å². The lowest BCUT2D eigenvalue weighted by molar-refractivity contribution is -0.145. The van der Waals surface area contributed by atoms with Gasteiger partial charge in [-0.05, 0) is 30.4 Å². The van der Waals surface area contributed by atoms with Gasteiger partial charge in [-0.15, -0.1) is 0 Å². The van der Waals surface area contributed by atoms with Crippen LogP contribution in [0.2, 0.25) is 0 Å². The quantitative estimate of drug-likeness (QED) is 0.441. The van der Waals surface area contributed by atoms with Crippen molar-refractivity contribution in [1.82, 2.24) is 0 Å². The van der Waals surface area contributed by atoms with Gasteiger partial charge in [-0.25, -0.2) is 0 Å². The minimum atomic E-state index is -0.501. The van der Waals surface area contributed by atoms with Crippen molar-refractivity contribution in [1.29, 1.82) is 0 Å². The minimum absolute atomic E-state index is 0.0496. The number of ether oxygens (including phenoxy) is 2. The number of carbonyl (C=O) groups excluding carboxylic acids is 3. The van der Waals surface area contributed by atoms with E-state index in [2.05, 4.69) is 4.74 Å². The Morgan fingerprint density at radius 1 is 1.07 bits per heavy atom. The van der Waals surface area contributed by atoms with Gasteiger partial charge in [0, 0.05) is 18.9 Å². The Morgan fingerprint density at radius 3 is 2.46 bits per heavy atom. The van der Waals surface area contributed by atoms with Crippen LogP contribution in [0.5, 0.6) is 0 Å². The fraction of sp³-hybridized carbons (Fsp3) is 0.435. The van der Waals surface area contributed by atoms with Gasteiger partial charge in [0.2, 0.25) is 0 Å². The number of methoxy groups -OCH3 is 1. The highest BCUT2D eigenvalue weighted by Gasteiger charge is 2.32. The Bertz CT molecular complexity index is 746. The fourth-order valence-corrected chi connectivity index (χ4v) is 3.33. The van der Waals surface area contributed by atoms with E-state index in [1.54, 1.807) is 0 Å². The molecule has 0 amide bonds. The molecule has 150 valence electrons. The number of benzene rings is 1. The number of hydrogen-bond acceptors (Lipinski definition) is 5. The van der Waals surface area contributed by atoms with E-state index in [-0.39, 0.29) is 24.1 Å². The van der Waals surface area contributed by atoms with E-state index in [1.807, 2.05) is 42.5 Å². The van der Waals surface area contributed by atoms with Crippen LogP contribution >= 0.6 is 0 Å². The Kier molecular flexibility index (Phi) is 8.66. The fourth-order valence-electron chi connectivity index (χ4n) is 3.33. The second-order valence-electron chi connectivity index (χ2n) is 6.89. The van der Waals surface area contributed by atoms with E-state index < -0.39 is 6.10 Å². The Morgan fingerprint density at radius 2 is 1.79 bits per heavy atom. The zero-order valence-corrected chi connectivity index (χ0v) is 16.6. The molecule has 1 aliphatic rings. The number of ketones is 1. The van der Waals surface area contributed by atoms with Crippen molar-refractivity contribution in [2.45, 2.75) is 58.0 Å². The molecular formula is C23H28O5. The molecule has 2 rings (SSSR count). The molecular weight excluding hydrogens is 356 g/mol. The van der Waals surface area contributed by atoms with Crippen molar-refractivity contribution in [3.63, 3.8) is 0 Å². The average molecular weight is 384 g/mol. The summed E-state index contributed by atoms with van der Waals surface area (Å²) in [5.41, 5.74) is 2.59. The SMILES string of the molecule is COC(=O)CCCCCCC1=C(/C=C/c2ccccc2)C(OC(C)=O)CC1=O. The maximum absolute atomic E-state index is 12.5. The van der Waals surface area contributed by atoms with Crippen LogP contribution in [0.15, 0.2) is 47.6 Å². The molecule has 0 aliphatic heterocycles. The molecule has 0 saturated heterocycles. The van der Waals surface area contributed by atoms with Gasteiger partial charge in [0.15, 0.2) is 5.78 Å². The first-order valence-corrected chi connectivity index (χ1v) is 9.74. The zero-order chi connectivity index (χ0) is 20.4. The zero-order valence-electron chi connectivity index (χ0n) is 16.6. The van der Waals surface area contributed by atoms with Gasteiger partial charge in [-0.1, -0.05) is 55.3 Å². The molecule has 1 aliphatic carbocycles. The van der Waals surface area contributed by atoms with E-state index in [9.17, 15) is 14.4 Å². The summed E-state index contributed by atoms with van der Waals surface area (Å²) >= 11 is 0. The van der Waals surface area contributed by atoms with Gasteiger partial charge < -0.3 is 9.47 Å². The highest BCUT2D eigenvalue weighted by atomic mass is 16.5. The molecule has 0 bridgehead atoms. The standard InChI is InChI=1S/C23H28O5/c1-17(24)28-22-16-21(25)19(12-8-3-4-9-13-23(26)27-2)20(22)15-14-18-10-6-5-7-11-18/h5-7,10-11,14-15,22H,3-4,8-9,12-13,16H2,1-2H3/b15-14+. The molecule has 0 saturated carbocycles. The molecule has 0 spiro atoms. The predicted octanol–water partition coefficient (Wildman–Crippen LogP) is 4.41. The maximum atomic E-state index is 12.5. The van der Waals surface area contributed by atoms with Crippen molar-refractivity contribution < 1.29 is 23.9 Å². The second-order valence-corrected chi connectivity index (χ2v) is 6.89. The maximum Gasteiger partial charge on any atom is 0.305 e. The van der Waals surface area contributed by atoms with Crippen LogP contribution in [0.4, 0.5) is 0 Å². The molecule has 1 unspecified atom stereocenters.